The van der Waals surface area contributed by atoms with Gasteiger partial charge in [-0.2, -0.15) is 0 Å². The van der Waals surface area contributed by atoms with E-state index in [1.165, 1.54) is 32.1 Å². The van der Waals surface area contributed by atoms with Crippen LogP contribution in [0.25, 0.3) is 0 Å². The van der Waals surface area contributed by atoms with Crippen LogP contribution in [0.2, 0.25) is 0 Å². The summed E-state index contributed by atoms with van der Waals surface area (Å²) in [6, 6.07) is 0.714. The Kier molecular flexibility index (Phi) is 5.11. The molecular weight excluding hydrogens is 250 g/mol. The number of carboxylic acid groups (broad SMARTS) is 1. The molecule has 0 spiro atoms. The molecule has 3 heteroatoms. The molecule has 3 nitrogen and oxygen atoms in total. The van der Waals surface area contributed by atoms with Crippen LogP contribution in [-0.4, -0.2) is 35.1 Å². The minimum Gasteiger partial charge on any atom is -0.481 e. The number of carbonyl (C=O) groups is 1. The van der Waals surface area contributed by atoms with Crippen molar-refractivity contribution in [3.05, 3.63) is 0 Å². The van der Waals surface area contributed by atoms with Crippen molar-refractivity contribution >= 4 is 5.97 Å². The lowest BCUT2D eigenvalue weighted by Gasteiger charge is -2.43. The first-order valence-corrected chi connectivity index (χ1v) is 8.38. The van der Waals surface area contributed by atoms with Crippen LogP contribution < -0.4 is 0 Å². The minimum absolute atomic E-state index is 0.484. The lowest BCUT2D eigenvalue weighted by molar-refractivity contribution is -0.151. The van der Waals surface area contributed by atoms with Gasteiger partial charge in [-0.05, 0) is 64.0 Å². The molecule has 2 atom stereocenters. The van der Waals surface area contributed by atoms with Crippen molar-refractivity contribution in [1.82, 2.24) is 4.90 Å². The maximum Gasteiger partial charge on any atom is 0.309 e. The number of carboxylic acids is 1. The monoisotopic (exact) mass is 281 g/mol. The molecular formula is C17H31NO2. The highest BCUT2D eigenvalue weighted by molar-refractivity contribution is 5.74. The minimum atomic E-state index is -0.613. The first-order valence-electron chi connectivity index (χ1n) is 8.38. The van der Waals surface area contributed by atoms with Gasteiger partial charge in [-0.1, -0.05) is 26.7 Å². The number of hydrogen-bond acceptors (Lipinski definition) is 2. The van der Waals surface area contributed by atoms with Crippen molar-refractivity contribution in [1.29, 1.82) is 0 Å². The molecule has 0 amide bonds. The van der Waals surface area contributed by atoms with E-state index in [1.54, 1.807) is 0 Å². The van der Waals surface area contributed by atoms with Crippen molar-refractivity contribution in [2.24, 2.45) is 17.3 Å². The van der Waals surface area contributed by atoms with Crippen molar-refractivity contribution < 1.29 is 9.90 Å². The summed E-state index contributed by atoms with van der Waals surface area (Å²) in [5, 5.41) is 9.32. The van der Waals surface area contributed by atoms with Crippen LogP contribution in [0, 0.1) is 17.3 Å². The second-order valence-corrected chi connectivity index (χ2v) is 7.72. The van der Waals surface area contributed by atoms with E-state index in [9.17, 15) is 9.90 Å². The van der Waals surface area contributed by atoms with Crippen LogP contribution >= 0.6 is 0 Å². The predicted molar refractivity (Wildman–Crippen MR) is 81.8 cm³/mol. The fourth-order valence-corrected chi connectivity index (χ4v) is 4.07. The molecule has 2 fully saturated rings. The van der Waals surface area contributed by atoms with Gasteiger partial charge in [0, 0.05) is 6.04 Å². The lowest BCUT2D eigenvalue weighted by atomic mass is 9.77. The third-order valence-electron chi connectivity index (χ3n) is 5.49. The largest absolute Gasteiger partial charge is 0.481 e. The molecule has 1 aliphatic heterocycles. The molecule has 1 N–H and O–H groups in total. The maximum absolute atomic E-state index is 11.3. The highest BCUT2D eigenvalue weighted by atomic mass is 16.4. The average molecular weight is 281 g/mol. The van der Waals surface area contributed by atoms with Gasteiger partial charge in [0.25, 0.3) is 0 Å². The summed E-state index contributed by atoms with van der Waals surface area (Å²) in [5.41, 5.74) is -0.484. The fraction of sp³-hybridized carbons (Fsp3) is 0.941. The van der Waals surface area contributed by atoms with Crippen LogP contribution in [0.4, 0.5) is 0 Å². The Morgan fingerprint density at radius 2 is 1.95 bits per heavy atom. The molecule has 0 aromatic carbocycles. The molecule has 116 valence electrons. The van der Waals surface area contributed by atoms with E-state index in [0.29, 0.717) is 6.04 Å². The molecule has 20 heavy (non-hydrogen) atoms. The summed E-state index contributed by atoms with van der Waals surface area (Å²) < 4.78 is 0. The van der Waals surface area contributed by atoms with Gasteiger partial charge >= 0.3 is 5.97 Å². The molecule has 1 aliphatic carbocycles. The summed E-state index contributed by atoms with van der Waals surface area (Å²) in [6.07, 6.45) is 8.39. The zero-order chi connectivity index (χ0) is 14.8. The van der Waals surface area contributed by atoms with Crippen molar-refractivity contribution in [3.63, 3.8) is 0 Å². The normalized spacial score (nSPS) is 31.4. The number of rotatable bonds is 4. The molecule has 2 aliphatic rings. The molecule has 0 bridgehead atoms. The Hall–Kier alpha value is -0.570. The standard InChI is InChI=1S/C17H31NO2/c1-13(2)11-14-5-4-6-15(12-14)18-9-7-17(3,8-10-18)16(19)20/h13-15H,4-12H2,1-3H3,(H,19,20). The Bertz CT molecular complexity index is 332. The number of aliphatic carboxylic acids is 1. The fourth-order valence-electron chi connectivity index (χ4n) is 4.07. The van der Waals surface area contributed by atoms with E-state index in [1.807, 2.05) is 6.92 Å². The van der Waals surface area contributed by atoms with Crippen LogP contribution in [0.15, 0.2) is 0 Å². The van der Waals surface area contributed by atoms with Crippen LogP contribution in [0.3, 0.4) is 0 Å². The Morgan fingerprint density at radius 1 is 1.30 bits per heavy atom. The summed E-state index contributed by atoms with van der Waals surface area (Å²) in [4.78, 5) is 13.9. The SMILES string of the molecule is CC(C)CC1CCCC(N2CCC(C)(C(=O)O)CC2)C1. The lowest BCUT2D eigenvalue weighted by Crippen LogP contribution is -2.48. The van der Waals surface area contributed by atoms with Gasteiger partial charge in [-0.15, -0.1) is 0 Å². The van der Waals surface area contributed by atoms with Gasteiger partial charge in [-0.25, -0.2) is 0 Å². The van der Waals surface area contributed by atoms with Gasteiger partial charge in [0.05, 0.1) is 5.41 Å². The third-order valence-corrected chi connectivity index (χ3v) is 5.49. The Labute approximate surface area is 123 Å². The van der Waals surface area contributed by atoms with Gasteiger partial charge < -0.3 is 10.0 Å². The number of piperidine rings is 1. The smallest absolute Gasteiger partial charge is 0.309 e. The van der Waals surface area contributed by atoms with E-state index in [2.05, 4.69) is 18.7 Å². The van der Waals surface area contributed by atoms with Gasteiger partial charge in [0.1, 0.15) is 0 Å². The molecule has 2 unspecified atom stereocenters. The summed E-state index contributed by atoms with van der Waals surface area (Å²) >= 11 is 0. The van der Waals surface area contributed by atoms with E-state index in [4.69, 9.17) is 0 Å². The number of hydrogen-bond donors (Lipinski definition) is 1. The highest BCUT2D eigenvalue weighted by Crippen LogP contribution is 2.36. The molecule has 0 aromatic heterocycles. The first-order chi connectivity index (χ1) is 9.40. The van der Waals surface area contributed by atoms with E-state index in [-0.39, 0.29) is 0 Å². The number of nitrogens with zero attached hydrogens (tertiary/aromatic N) is 1. The highest BCUT2D eigenvalue weighted by Gasteiger charge is 2.39. The summed E-state index contributed by atoms with van der Waals surface area (Å²) in [7, 11) is 0. The van der Waals surface area contributed by atoms with Crippen molar-refractivity contribution in [2.45, 2.75) is 71.8 Å². The van der Waals surface area contributed by atoms with Crippen LogP contribution in [-0.2, 0) is 4.79 Å². The molecule has 0 radical (unpaired) electrons. The molecule has 1 saturated carbocycles. The second-order valence-electron chi connectivity index (χ2n) is 7.72. The molecule has 2 rings (SSSR count). The molecule has 1 saturated heterocycles. The topological polar surface area (TPSA) is 40.5 Å². The quantitative estimate of drug-likeness (QED) is 0.852. The Morgan fingerprint density at radius 3 is 2.50 bits per heavy atom. The maximum atomic E-state index is 11.3. The predicted octanol–water partition coefficient (Wildman–Crippen LogP) is 3.78. The van der Waals surface area contributed by atoms with Crippen molar-refractivity contribution in [3.8, 4) is 0 Å². The van der Waals surface area contributed by atoms with Crippen molar-refractivity contribution in [2.75, 3.05) is 13.1 Å². The molecule has 1 heterocycles. The van der Waals surface area contributed by atoms with Crippen LogP contribution in [0.1, 0.15) is 65.7 Å². The van der Waals surface area contributed by atoms with E-state index < -0.39 is 11.4 Å². The zero-order valence-corrected chi connectivity index (χ0v) is 13.4. The zero-order valence-electron chi connectivity index (χ0n) is 13.4. The van der Waals surface area contributed by atoms with Gasteiger partial charge in [-0.3, -0.25) is 4.79 Å². The first kappa shape index (κ1) is 15.8. The van der Waals surface area contributed by atoms with E-state index >= 15 is 0 Å². The van der Waals surface area contributed by atoms with Gasteiger partial charge in [0.2, 0.25) is 0 Å². The second kappa shape index (κ2) is 6.46. The average Bonchev–Trinajstić information content (AvgIpc) is 2.39. The van der Waals surface area contributed by atoms with Gasteiger partial charge in [0.15, 0.2) is 0 Å². The summed E-state index contributed by atoms with van der Waals surface area (Å²) in [5.74, 6) is 1.08. The molecule has 0 aromatic rings. The summed E-state index contributed by atoms with van der Waals surface area (Å²) in [6.45, 7) is 8.50. The third kappa shape index (κ3) is 3.75. The number of likely N-dealkylation sites (tertiary alicyclic amines) is 1. The Balaban J connectivity index is 1.85. The van der Waals surface area contributed by atoms with E-state index in [0.717, 1.165) is 37.8 Å². The van der Waals surface area contributed by atoms with Crippen LogP contribution in [0.5, 0.6) is 0 Å².